The van der Waals surface area contributed by atoms with E-state index in [0.29, 0.717) is 18.8 Å². The molecule has 2 heterocycles. The van der Waals surface area contributed by atoms with Crippen molar-refractivity contribution in [1.29, 1.82) is 0 Å². The van der Waals surface area contributed by atoms with Crippen molar-refractivity contribution in [3.05, 3.63) is 46.2 Å². The number of hydrogen-bond acceptors (Lipinski definition) is 3. The number of fused-ring (bicyclic) bond motifs is 1. The maximum absolute atomic E-state index is 12.3. The number of benzene rings is 1. The number of carbonyl (C=O) groups is 1. The maximum Gasteiger partial charge on any atom is 0.387 e. The molecule has 1 aliphatic rings. The number of carbonyl (C=O) groups excluding carboxylic acids is 1. The van der Waals surface area contributed by atoms with Gasteiger partial charge in [0.05, 0.1) is 0 Å². The number of thiophene rings is 1. The Balaban J connectivity index is 1.65. The van der Waals surface area contributed by atoms with Crippen LogP contribution in [0.25, 0.3) is 0 Å². The molecule has 0 unspecified atom stereocenters. The Morgan fingerprint density at radius 1 is 1.36 bits per heavy atom. The molecule has 2 amide bonds. The fraction of sp³-hybridized carbons (Fsp3) is 0.267. The lowest BCUT2D eigenvalue weighted by Crippen LogP contribution is -2.38. The molecule has 0 aliphatic carbocycles. The third-order valence-electron chi connectivity index (χ3n) is 3.41. The largest absolute Gasteiger partial charge is 0.435 e. The van der Waals surface area contributed by atoms with Crippen LogP contribution in [0, 0.1) is 0 Å². The van der Waals surface area contributed by atoms with Gasteiger partial charge in [0.2, 0.25) is 0 Å². The first kappa shape index (κ1) is 14.8. The first-order chi connectivity index (χ1) is 10.6. The molecule has 116 valence electrons. The molecular weight excluding hydrogens is 310 g/mol. The predicted octanol–water partition coefficient (Wildman–Crippen LogP) is 3.94. The highest BCUT2D eigenvalue weighted by molar-refractivity contribution is 7.10. The summed E-state index contributed by atoms with van der Waals surface area (Å²) in [5, 5.41) is 4.74. The number of nitrogens with zero attached hydrogens (tertiary/aromatic N) is 1. The molecule has 22 heavy (non-hydrogen) atoms. The molecule has 0 spiro atoms. The van der Waals surface area contributed by atoms with Gasteiger partial charge in [0.25, 0.3) is 0 Å². The van der Waals surface area contributed by atoms with E-state index in [0.717, 1.165) is 6.42 Å². The Kier molecular flexibility index (Phi) is 4.24. The summed E-state index contributed by atoms with van der Waals surface area (Å²) in [4.78, 5) is 15.3. The van der Waals surface area contributed by atoms with Crippen LogP contribution in [0.3, 0.4) is 0 Å². The van der Waals surface area contributed by atoms with E-state index in [1.165, 1.54) is 22.6 Å². The van der Waals surface area contributed by atoms with Crippen LogP contribution in [0.1, 0.15) is 10.4 Å². The van der Waals surface area contributed by atoms with Crippen molar-refractivity contribution in [1.82, 2.24) is 4.90 Å². The molecule has 4 nitrogen and oxygen atoms in total. The Morgan fingerprint density at radius 3 is 3.05 bits per heavy atom. The van der Waals surface area contributed by atoms with E-state index in [1.807, 2.05) is 11.4 Å². The third-order valence-corrected chi connectivity index (χ3v) is 4.43. The zero-order valence-electron chi connectivity index (χ0n) is 11.6. The Morgan fingerprint density at radius 2 is 2.23 bits per heavy atom. The van der Waals surface area contributed by atoms with Crippen molar-refractivity contribution in [3.8, 4) is 5.75 Å². The average Bonchev–Trinajstić information content (AvgIpc) is 2.94. The molecular formula is C15H14F2N2O2S. The first-order valence-electron chi connectivity index (χ1n) is 6.78. The lowest BCUT2D eigenvalue weighted by Gasteiger charge is -2.27. The Labute approximate surface area is 130 Å². The van der Waals surface area contributed by atoms with Crippen molar-refractivity contribution in [2.24, 2.45) is 0 Å². The molecule has 1 N–H and O–H groups in total. The lowest BCUT2D eigenvalue weighted by atomic mass is 10.1. The summed E-state index contributed by atoms with van der Waals surface area (Å²) < 4.78 is 28.7. The number of alkyl halides is 2. The van der Waals surface area contributed by atoms with Crippen molar-refractivity contribution in [2.75, 3.05) is 11.9 Å². The molecule has 0 radical (unpaired) electrons. The van der Waals surface area contributed by atoms with Gasteiger partial charge in [-0.25, -0.2) is 4.79 Å². The molecule has 0 saturated carbocycles. The number of hydrogen-bond donors (Lipinski definition) is 1. The van der Waals surface area contributed by atoms with Crippen molar-refractivity contribution in [2.45, 2.75) is 19.6 Å². The van der Waals surface area contributed by atoms with Crippen LogP contribution in [0.2, 0.25) is 0 Å². The molecule has 1 aromatic carbocycles. The van der Waals surface area contributed by atoms with Gasteiger partial charge in [-0.05, 0) is 35.6 Å². The fourth-order valence-corrected chi connectivity index (χ4v) is 3.26. The Hall–Kier alpha value is -2.15. The van der Waals surface area contributed by atoms with Crippen LogP contribution >= 0.6 is 11.3 Å². The summed E-state index contributed by atoms with van der Waals surface area (Å²) in [6.45, 7) is -1.67. The lowest BCUT2D eigenvalue weighted by molar-refractivity contribution is -0.0497. The highest BCUT2D eigenvalue weighted by Gasteiger charge is 2.21. The zero-order valence-corrected chi connectivity index (χ0v) is 12.4. The van der Waals surface area contributed by atoms with Gasteiger partial charge in [-0.3, -0.25) is 0 Å². The maximum atomic E-state index is 12.3. The van der Waals surface area contributed by atoms with Gasteiger partial charge in [-0.2, -0.15) is 8.78 Å². The molecule has 3 rings (SSSR count). The number of halogens is 2. The number of anilines is 1. The zero-order chi connectivity index (χ0) is 15.5. The molecule has 0 saturated heterocycles. The van der Waals surface area contributed by atoms with Gasteiger partial charge in [-0.15, -0.1) is 11.3 Å². The van der Waals surface area contributed by atoms with Crippen LogP contribution < -0.4 is 10.1 Å². The second kappa shape index (κ2) is 6.31. The smallest absolute Gasteiger partial charge is 0.387 e. The van der Waals surface area contributed by atoms with E-state index in [1.54, 1.807) is 28.4 Å². The number of rotatable bonds is 3. The third kappa shape index (κ3) is 3.36. The average molecular weight is 324 g/mol. The summed E-state index contributed by atoms with van der Waals surface area (Å²) in [7, 11) is 0. The number of amides is 2. The van der Waals surface area contributed by atoms with Gasteiger partial charge >= 0.3 is 12.6 Å². The molecule has 0 bridgehead atoms. The number of ether oxygens (including phenoxy) is 1. The monoisotopic (exact) mass is 324 g/mol. The van der Waals surface area contributed by atoms with Crippen LogP contribution in [-0.4, -0.2) is 24.1 Å². The number of urea groups is 1. The highest BCUT2D eigenvalue weighted by atomic mass is 32.1. The normalized spacial score (nSPS) is 13.9. The molecule has 1 aromatic heterocycles. The van der Waals surface area contributed by atoms with Crippen LogP contribution in [0.15, 0.2) is 35.7 Å². The summed E-state index contributed by atoms with van der Waals surface area (Å²) in [5.41, 5.74) is 1.60. The quantitative estimate of drug-likeness (QED) is 0.929. The minimum absolute atomic E-state index is 0.0200. The summed E-state index contributed by atoms with van der Waals surface area (Å²) in [5.74, 6) is 0.0200. The van der Waals surface area contributed by atoms with E-state index in [2.05, 4.69) is 10.1 Å². The van der Waals surface area contributed by atoms with E-state index in [4.69, 9.17) is 0 Å². The minimum Gasteiger partial charge on any atom is -0.435 e. The molecule has 1 aliphatic heterocycles. The van der Waals surface area contributed by atoms with Gasteiger partial charge in [-0.1, -0.05) is 6.07 Å². The topological polar surface area (TPSA) is 41.6 Å². The van der Waals surface area contributed by atoms with Crippen molar-refractivity contribution in [3.63, 3.8) is 0 Å². The van der Waals surface area contributed by atoms with Gasteiger partial charge in [0.15, 0.2) is 0 Å². The van der Waals surface area contributed by atoms with E-state index in [-0.39, 0.29) is 11.8 Å². The SMILES string of the molecule is O=C(Nc1cccc(OC(F)F)c1)N1CCc2sccc2C1. The van der Waals surface area contributed by atoms with E-state index in [9.17, 15) is 13.6 Å². The van der Waals surface area contributed by atoms with Gasteiger partial charge in [0, 0.05) is 29.7 Å². The van der Waals surface area contributed by atoms with Gasteiger partial charge < -0.3 is 15.0 Å². The van der Waals surface area contributed by atoms with E-state index >= 15 is 0 Å². The molecule has 7 heteroatoms. The van der Waals surface area contributed by atoms with Crippen LogP contribution in [0.5, 0.6) is 5.75 Å². The van der Waals surface area contributed by atoms with Crippen molar-refractivity contribution < 1.29 is 18.3 Å². The summed E-state index contributed by atoms with van der Waals surface area (Å²) in [6, 6.07) is 7.77. The van der Waals surface area contributed by atoms with Crippen LogP contribution in [-0.2, 0) is 13.0 Å². The first-order valence-corrected chi connectivity index (χ1v) is 7.66. The minimum atomic E-state index is -2.88. The molecule has 0 fully saturated rings. The molecule has 0 atom stereocenters. The summed E-state index contributed by atoms with van der Waals surface area (Å²) >= 11 is 1.70. The number of nitrogens with one attached hydrogen (secondary N) is 1. The second-order valence-corrected chi connectivity index (χ2v) is 5.88. The predicted molar refractivity (Wildman–Crippen MR) is 80.5 cm³/mol. The van der Waals surface area contributed by atoms with E-state index < -0.39 is 6.61 Å². The van der Waals surface area contributed by atoms with Crippen molar-refractivity contribution >= 4 is 23.1 Å². The Bertz CT molecular complexity index is 675. The van der Waals surface area contributed by atoms with Crippen LogP contribution in [0.4, 0.5) is 19.3 Å². The highest BCUT2D eigenvalue weighted by Crippen LogP contribution is 2.25. The van der Waals surface area contributed by atoms with Gasteiger partial charge in [0.1, 0.15) is 5.75 Å². The molecule has 2 aromatic rings. The standard InChI is InChI=1S/C15H14F2N2O2S/c16-14(17)21-12-3-1-2-11(8-12)18-15(20)19-6-4-13-10(9-19)5-7-22-13/h1-3,5,7-8,14H,4,6,9H2,(H,18,20). The summed E-state index contributed by atoms with van der Waals surface area (Å²) in [6.07, 6.45) is 0.842. The fourth-order valence-electron chi connectivity index (χ4n) is 2.37. The second-order valence-electron chi connectivity index (χ2n) is 4.88.